The number of amides is 1. The summed E-state index contributed by atoms with van der Waals surface area (Å²) in [6.07, 6.45) is 1.60. The predicted octanol–water partition coefficient (Wildman–Crippen LogP) is 1.65. The molecule has 0 aliphatic rings. The first-order valence-electron chi connectivity index (χ1n) is 6.40. The average Bonchev–Trinajstić information content (AvgIpc) is 2.38. The molecule has 0 aliphatic carbocycles. The van der Waals surface area contributed by atoms with Crippen LogP contribution in [0.1, 0.15) is 20.3 Å². The van der Waals surface area contributed by atoms with Crippen molar-refractivity contribution >= 4 is 21.6 Å². The first-order valence-corrected chi connectivity index (χ1v) is 8.25. The average molecular weight is 320 g/mol. The Hall–Kier alpha value is -1.70. The molecule has 1 unspecified atom stereocenters. The maximum atomic E-state index is 13.3. The van der Waals surface area contributed by atoms with E-state index in [9.17, 15) is 22.0 Å². The highest BCUT2D eigenvalue weighted by atomic mass is 32.2. The molecule has 0 saturated carbocycles. The Morgan fingerprint density at radius 3 is 2.43 bits per heavy atom. The van der Waals surface area contributed by atoms with E-state index < -0.39 is 33.6 Å². The van der Waals surface area contributed by atoms with Crippen LogP contribution in [-0.4, -0.2) is 33.2 Å². The lowest BCUT2D eigenvalue weighted by atomic mass is 10.2. The van der Waals surface area contributed by atoms with E-state index in [1.54, 1.807) is 0 Å². The van der Waals surface area contributed by atoms with Gasteiger partial charge in [-0.25, -0.2) is 17.2 Å². The molecule has 0 heterocycles. The third kappa shape index (κ3) is 4.38. The first kappa shape index (κ1) is 17.4. The van der Waals surface area contributed by atoms with Gasteiger partial charge in [-0.1, -0.05) is 6.92 Å². The first-order chi connectivity index (χ1) is 9.68. The molecule has 8 heteroatoms. The standard InChI is InChI=1S/C13H18F2N2O3S/c1-4-7-16-13(18)9(2)17(21(3,19)20)10-5-6-11(14)12(15)8-10/h5-6,8-9H,4,7H2,1-3H3,(H,16,18). The number of carbonyl (C=O) groups excluding carboxylic acids is 1. The summed E-state index contributed by atoms with van der Waals surface area (Å²) in [6.45, 7) is 3.64. The molecule has 0 radical (unpaired) electrons. The topological polar surface area (TPSA) is 66.5 Å². The predicted molar refractivity (Wildman–Crippen MR) is 76.4 cm³/mol. The fourth-order valence-electron chi connectivity index (χ4n) is 1.83. The lowest BCUT2D eigenvalue weighted by molar-refractivity contribution is -0.121. The van der Waals surface area contributed by atoms with Gasteiger partial charge in [-0.3, -0.25) is 9.10 Å². The Morgan fingerprint density at radius 1 is 1.33 bits per heavy atom. The SMILES string of the molecule is CCCNC(=O)C(C)N(c1ccc(F)c(F)c1)S(C)(=O)=O. The molecule has 0 spiro atoms. The van der Waals surface area contributed by atoms with Crippen LogP contribution in [-0.2, 0) is 14.8 Å². The summed E-state index contributed by atoms with van der Waals surface area (Å²) in [5.74, 6) is -2.77. The van der Waals surface area contributed by atoms with Gasteiger partial charge in [0.05, 0.1) is 11.9 Å². The van der Waals surface area contributed by atoms with Gasteiger partial charge in [-0.15, -0.1) is 0 Å². The zero-order valence-corrected chi connectivity index (χ0v) is 12.9. The molecule has 21 heavy (non-hydrogen) atoms. The number of nitrogens with zero attached hydrogens (tertiary/aromatic N) is 1. The minimum absolute atomic E-state index is 0.101. The van der Waals surface area contributed by atoms with Crippen LogP contribution in [0.5, 0.6) is 0 Å². The van der Waals surface area contributed by atoms with Crippen molar-refractivity contribution in [3.05, 3.63) is 29.8 Å². The number of hydrogen-bond donors (Lipinski definition) is 1. The van der Waals surface area contributed by atoms with Crippen molar-refractivity contribution < 1.29 is 22.0 Å². The molecule has 1 atom stereocenters. The van der Waals surface area contributed by atoms with Crippen molar-refractivity contribution in [1.29, 1.82) is 0 Å². The van der Waals surface area contributed by atoms with E-state index in [1.165, 1.54) is 6.92 Å². The van der Waals surface area contributed by atoms with Crippen LogP contribution >= 0.6 is 0 Å². The lowest BCUT2D eigenvalue weighted by Crippen LogP contribution is -2.48. The van der Waals surface area contributed by atoms with E-state index in [1.807, 2.05) is 6.92 Å². The summed E-state index contributed by atoms with van der Waals surface area (Å²) in [5, 5.41) is 2.57. The Kier molecular flexibility index (Phi) is 5.65. The third-order valence-corrected chi connectivity index (χ3v) is 4.04. The number of benzene rings is 1. The van der Waals surface area contributed by atoms with Crippen LogP contribution in [0.25, 0.3) is 0 Å². The summed E-state index contributed by atoms with van der Waals surface area (Å²) < 4.78 is 50.8. The van der Waals surface area contributed by atoms with Crippen molar-refractivity contribution in [3.63, 3.8) is 0 Å². The molecule has 1 N–H and O–H groups in total. The third-order valence-electron chi connectivity index (χ3n) is 2.80. The molecule has 1 aromatic rings. The molecule has 1 rings (SSSR count). The Balaban J connectivity index is 3.18. The van der Waals surface area contributed by atoms with E-state index in [0.29, 0.717) is 13.0 Å². The van der Waals surface area contributed by atoms with E-state index in [-0.39, 0.29) is 5.69 Å². The molecule has 0 aromatic heterocycles. The molecule has 0 aliphatic heterocycles. The maximum absolute atomic E-state index is 13.3. The van der Waals surface area contributed by atoms with E-state index in [2.05, 4.69) is 5.32 Å². The van der Waals surface area contributed by atoms with Crippen LogP contribution in [0.15, 0.2) is 18.2 Å². The molecule has 0 bridgehead atoms. The number of halogens is 2. The number of sulfonamides is 1. The molecule has 1 aromatic carbocycles. The molecule has 1 amide bonds. The van der Waals surface area contributed by atoms with Gasteiger partial charge in [0.25, 0.3) is 0 Å². The highest BCUT2D eigenvalue weighted by Gasteiger charge is 2.29. The second-order valence-electron chi connectivity index (χ2n) is 4.62. The van der Waals surface area contributed by atoms with E-state index in [0.717, 1.165) is 28.8 Å². The van der Waals surface area contributed by atoms with E-state index >= 15 is 0 Å². The second-order valence-corrected chi connectivity index (χ2v) is 6.48. The number of anilines is 1. The van der Waals surface area contributed by atoms with Crippen molar-refractivity contribution in [1.82, 2.24) is 5.32 Å². The van der Waals surface area contributed by atoms with E-state index in [4.69, 9.17) is 0 Å². The Labute approximate surface area is 123 Å². The summed E-state index contributed by atoms with van der Waals surface area (Å²) in [4.78, 5) is 11.9. The zero-order valence-electron chi connectivity index (χ0n) is 12.1. The maximum Gasteiger partial charge on any atom is 0.243 e. The number of rotatable bonds is 6. The smallest absolute Gasteiger partial charge is 0.243 e. The van der Waals surface area contributed by atoms with Crippen molar-refractivity contribution in [2.45, 2.75) is 26.3 Å². The van der Waals surface area contributed by atoms with Gasteiger partial charge >= 0.3 is 0 Å². The fourth-order valence-corrected chi connectivity index (χ4v) is 2.99. The number of carbonyl (C=O) groups is 1. The Bertz CT molecular complexity index is 620. The minimum Gasteiger partial charge on any atom is -0.354 e. The summed E-state index contributed by atoms with van der Waals surface area (Å²) in [7, 11) is -3.83. The summed E-state index contributed by atoms with van der Waals surface area (Å²) in [5.41, 5.74) is -0.101. The van der Waals surface area contributed by atoms with Gasteiger partial charge in [0, 0.05) is 12.6 Å². The van der Waals surface area contributed by atoms with Crippen molar-refractivity contribution in [2.75, 3.05) is 17.1 Å². The Morgan fingerprint density at radius 2 is 1.95 bits per heavy atom. The molecule has 118 valence electrons. The van der Waals surface area contributed by atoms with Crippen LogP contribution in [0, 0.1) is 11.6 Å². The zero-order chi connectivity index (χ0) is 16.2. The number of nitrogens with one attached hydrogen (secondary N) is 1. The second kappa shape index (κ2) is 6.84. The lowest BCUT2D eigenvalue weighted by Gasteiger charge is -2.28. The van der Waals surface area contributed by atoms with Gasteiger partial charge < -0.3 is 5.32 Å². The van der Waals surface area contributed by atoms with Gasteiger partial charge in [-0.2, -0.15) is 0 Å². The molecule has 5 nitrogen and oxygen atoms in total. The monoisotopic (exact) mass is 320 g/mol. The van der Waals surface area contributed by atoms with Crippen LogP contribution in [0.2, 0.25) is 0 Å². The van der Waals surface area contributed by atoms with Gasteiger partial charge in [0.15, 0.2) is 11.6 Å². The highest BCUT2D eigenvalue weighted by Crippen LogP contribution is 2.23. The van der Waals surface area contributed by atoms with Crippen LogP contribution in [0.4, 0.5) is 14.5 Å². The quantitative estimate of drug-likeness (QED) is 0.866. The van der Waals surface area contributed by atoms with Gasteiger partial charge in [-0.05, 0) is 25.5 Å². The van der Waals surface area contributed by atoms with Crippen molar-refractivity contribution in [2.24, 2.45) is 0 Å². The van der Waals surface area contributed by atoms with Crippen molar-refractivity contribution in [3.8, 4) is 0 Å². The van der Waals surface area contributed by atoms with Crippen LogP contribution < -0.4 is 9.62 Å². The highest BCUT2D eigenvalue weighted by molar-refractivity contribution is 7.92. The van der Waals surface area contributed by atoms with Gasteiger partial charge in [0.2, 0.25) is 15.9 Å². The normalized spacial score (nSPS) is 12.8. The molecule has 0 saturated heterocycles. The van der Waals surface area contributed by atoms with Gasteiger partial charge in [0.1, 0.15) is 6.04 Å². The summed E-state index contributed by atoms with van der Waals surface area (Å²) in [6, 6.07) is 1.61. The number of hydrogen-bond acceptors (Lipinski definition) is 3. The molecular formula is C13H18F2N2O3S. The van der Waals surface area contributed by atoms with Crippen LogP contribution in [0.3, 0.4) is 0 Å². The molecular weight excluding hydrogens is 302 g/mol. The fraction of sp³-hybridized carbons (Fsp3) is 0.462. The molecule has 0 fully saturated rings. The largest absolute Gasteiger partial charge is 0.354 e. The summed E-state index contributed by atoms with van der Waals surface area (Å²) >= 11 is 0. The minimum atomic E-state index is -3.83.